The first-order valence-corrected chi connectivity index (χ1v) is 11.5. The first-order chi connectivity index (χ1) is 15.7. The van der Waals surface area contributed by atoms with Gasteiger partial charge in [-0.2, -0.15) is 0 Å². The summed E-state index contributed by atoms with van der Waals surface area (Å²) in [5.74, 6) is 1.48. The Balaban J connectivity index is 1.15. The quantitative estimate of drug-likeness (QED) is 0.595. The molecule has 1 unspecified atom stereocenters. The molecule has 2 saturated heterocycles. The molecule has 0 saturated carbocycles. The number of fused-ring (bicyclic) bond motifs is 1. The molecule has 2 aliphatic rings. The van der Waals surface area contributed by atoms with E-state index in [1.807, 2.05) is 53.4 Å². The zero-order chi connectivity index (χ0) is 21.8. The molecule has 0 bridgehead atoms. The lowest BCUT2D eigenvalue weighted by Gasteiger charge is -2.46. The smallest absolute Gasteiger partial charge is 0.272 e. The number of benzene rings is 1. The Morgan fingerprint density at radius 3 is 2.75 bits per heavy atom. The average Bonchev–Trinajstić information content (AvgIpc) is 2.85. The van der Waals surface area contributed by atoms with E-state index < -0.39 is 0 Å². The molecular weight excluding hydrogens is 402 g/mol. The lowest BCUT2D eigenvalue weighted by molar-refractivity contribution is -0.125. The predicted octanol–water partition coefficient (Wildman–Crippen LogP) is 4.50. The van der Waals surface area contributed by atoms with Crippen LogP contribution in [0.5, 0.6) is 5.75 Å². The lowest BCUT2D eigenvalue weighted by Crippen LogP contribution is -2.51. The van der Waals surface area contributed by atoms with Gasteiger partial charge in [0, 0.05) is 37.5 Å². The number of nitrogens with zero attached hydrogens (tertiary/aromatic N) is 3. The van der Waals surface area contributed by atoms with Crippen LogP contribution in [0.1, 0.15) is 42.6 Å². The van der Waals surface area contributed by atoms with Crippen molar-refractivity contribution in [1.29, 1.82) is 0 Å². The highest BCUT2D eigenvalue weighted by Gasteiger charge is 2.41. The van der Waals surface area contributed by atoms with Crippen molar-refractivity contribution in [2.75, 3.05) is 26.3 Å². The maximum Gasteiger partial charge on any atom is 0.272 e. The number of aromatic nitrogens is 2. The van der Waals surface area contributed by atoms with Crippen molar-refractivity contribution in [2.24, 2.45) is 5.92 Å². The molecule has 6 heteroatoms. The highest BCUT2D eigenvalue weighted by atomic mass is 16.5. The number of para-hydroxylation sites is 1. The molecule has 0 aliphatic carbocycles. The van der Waals surface area contributed by atoms with Gasteiger partial charge in [0.25, 0.3) is 5.91 Å². The van der Waals surface area contributed by atoms with Gasteiger partial charge < -0.3 is 14.4 Å². The molecule has 166 valence electrons. The van der Waals surface area contributed by atoms with Crippen molar-refractivity contribution in [1.82, 2.24) is 14.9 Å². The van der Waals surface area contributed by atoms with Crippen LogP contribution >= 0.6 is 0 Å². The molecule has 2 fully saturated rings. The summed E-state index contributed by atoms with van der Waals surface area (Å²) in [4.78, 5) is 23.6. The molecule has 1 atom stereocenters. The van der Waals surface area contributed by atoms with Gasteiger partial charge in [-0.3, -0.25) is 9.78 Å². The Hall–Kier alpha value is -2.99. The average molecular weight is 432 g/mol. The van der Waals surface area contributed by atoms with Gasteiger partial charge >= 0.3 is 0 Å². The van der Waals surface area contributed by atoms with Crippen molar-refractivity contribution >= 4 is 16.8 Å². The molecule has 6 nitrogen and oxygen atoms in total. The number of carbonyl (C=O) groups is 1. The van der Waals surface area contributed by atoms with Crippen LogP contribution < -0.4 is 4.74 Å². The highest BCUT2D eigenvalue weighted by molar-refractivity contribution is 5.95. The number of likely N-dealkylation sites (tertiary alicyclic amines) is 1. The summed E-state index contributed by atoms with van der Waals surface area (Å²) in [7, 11) is 0. The van der Waals surface area contributed by atoms with Crippen LogP contribution in [-0.2, 0) is 4.74 Å². The third kappa shape index (κ3) is 4.60. The third-order valence-electron chi connectivity index (χ3n) is 6.82. The third-order valence-corrected chi connectivity index (χ3v) is 6.82. The van der Waals surface area contributed by atoms with Crippen molar-refractivity contribution in [2.45, 2.75) is 37.7 Å². The van der Waals surface area contributed by atoms with Crippen molar-refractivity contribution < 1.29 is 14.3 Å². The van der Waals surface area contributed by atoms with Gasteiger partial charge in [-0.25, -0.2) is 4.98 Å². The number of hydrogen-bond donors (Lipinski definition) is 0. The van der Waals surface area contributed by atoms with E-state index in [0.717, 1.165) is 55.4 Å². The molecule has 0 N–H and O–H groups in total. The van der Waals surface area contributed by atoms with Gasteiger partial charge in [-0.05, 0) is 62.3 Å². The van der Waals surface area contributed by atoms with E-state index in [1.54, 1.807) is 12.4 Å². The number of pyridine rings is 2. The number of hydrogen-bond acceptors (Lipinski definition) is 5. The second-order valence-corrected chi connectivity index (χ2v) is 8.89. The number of amides is 1. The zero-order valence-electron chi connectivity index (χ0n) is 18.3. The molecule has 32 heavy (non-hydrogen) atoms. The molecular formula is C26H29N3O3. The Morgan fingerprint density at radius 2 is 1.91 bits per heavy atom. The molecule has 2 aliphatic heterocycles. The number of ether oxygens (including phenoxy) is 2. The van der Waals surface area contributed by atoms with Gasteiger partial charge in [-0.1, -0.05) is 24.3 Å². The Kier molecular flexibility index (Phi) is 6.04. The van der Waals surface area contributed by atoms with Crippen LogP contribution in [0.25, 0.3) is 10.9 Å². The van der Waals surface area contributed by atoms with Crippen molar-refractivity contribution in [3.8, 4) is 5.75 Å². The van der Waals surface area contributed by atoms with Gasteiger partial charge in [0.15, 0.2) is 0 Å². The largest absolute Gasteiger partial charge is 0.493 e. The van der Waals surface area contributed by atoms with Crippen LogP contribution in [0.2, 0.25) is 0 Å². The fourth-order valence-corrected chi connectivity index (χ4v) is 4.97. The Labute approximate surface area is 188 Å². The van der Waals surface area contributed by atoms with Crippen LogP contribution in [0, 0.1) is 5.92 Å². The highest BCUT2D eigenvalue weighted by Crippen LogP contribution is 2.39. The van der Waals surface area contributed by atoms with E-state index in [-0.39, 0.29) is 11.5 Å². The normalized spacial score (nSPS) is 20.4. The minimum Gasteiger partial charge on any atom is -0.493 e. The molecule has 1 spiro atoms. The van der Waals surface area contributed by atoms with Gasteiger partial charge in [0.05, 0.1) is 17.7 Å². The van der Waals surface area contributed by atoms with Crippen LogP contribution in [0.15, 0.2) is 60.9 Å². The van der Waals surface area contributed by atoms with E-state index in [1.165, 1.54) is 0 Å². The first-order valence-electron chi connectivity index (χ1n) is 11.5. The Bertz CT molecular complexity index is 1060. The van der Waals surface area contributed by atoms with Gasteiger partial charge in [0.2, 0.25) is 0 Å². The number of piperidine rings is 1. The van der Waals surface area contributed by atoms with E-state index in [4.69, 9.17) is 9.47 Å². The van der Waals surface area contributed by atoms with E-state index in [9.17, 15) is 4.79 Å². The minimum atomic E-state index is -0.104. The SMILES string of the molecule is O=C(c1ccc2ccccc2n1)N1CCC2(CC1)CC(CCOc1ccncc1)CCO2. The van der Waals surface area contributed by atoms with E-state index in [0.29, 0.717) is 31.3 Å². The lowest BCUT2D eigenvalue weighted by atomic mass is 9.78. The molecule has 2 aromatic heterocycles. The fourth-order valence-electron chi connectivity index (χ4n) is 4.97. The molecule has 1 aromatic carbocycles. The van der Waals surface area contributed by atoms with Gasteiger partial charge in [-0.15, -0.1) is 0 Å². The second kappa shape index (κ2) is 9.25. The molecule has 3 aromatic rings. The van der Waals surface area contributed by atoms with E-state index >= 15 is 0 Å². The summed E-state index contributed by atoms with van der Waals surface area (Å²) >= 11 is 0. The molecule has 1 amide bonds. The predicted molar refractivity (Wildman–Crippen MR) is 123 cm³/mol. The molecule has 4 heterocycles. The van der Waals surface area contributed by atoms with Gasteiger partial charge in [0.1, 0.15) is 11.4 Å². The summed E-state index contributed by atoms with van der Waals surface area (Å²) in [5.41, 5.74) is 1.28. The van der Waals surface area contributed by atoms with Crippen LogP contribution in [-0.4, -0.2) is 52.7 Å². The summed E-state index contributed by atoms with van der Waals surface area (Å²) in [6.07, 6.45) is 8.41. The van der Waals surface area contributed by atoms with Crippen LogP contribution in [0.3, 0.4) is 0 Å². The van der Waals surface area contributed by atoms with Crippen molar-refractivity contribution in [3.63, 3.8) is 0 Å². The Morgan fingerprint density at radius 1 is 1.09 bits per heavy atom. The van der Waals surface area contributed by atoms with Crippen LogP contribution in [0.4, 0.5) is 0 Å². The topological polar surface area (TPSA) is 64.6 Å². The number of rotatable bonds is 5. The first kappa shape index (κ1) is 20.9. The summed E-state index contributed by atoms with van der Waals surface area (Å²) in [5, 5.41) is 1.05. The maximum absolute atomic E-state index is 13.1. The van der Waals surface area contributed by atoms with E-state index in [2.05, 4.69) is 9.97 Å². The number of carbonyl (C=O) groups excluding carboxylic acids is 1. The summed E-state index contributed by atoms with van der Waals surface area (Å²) in [6, 6.07) is 15.5. The minimum absolute atomic E-state index is 0.0173. The zero-order valence-corrected chi connectivity index (χ0v) is 18.3. The van der Waals surface area contributed by atoms with Crippen molar-refractivity contribution in [3.05, 3.63) is 66.6 Å². The monoisotopic (exact) mass is 431 g/mol. The maximum atomic E-state index is 13.1. The molecule has 5 rings (SSSR count). The summed E-state index contributed by atoms with van der Waals surface area (Å²) in [6.45, 7) is 2.93. The second-order valence-electron chi connectivity index (χ2n) is 8.89. The standard InChI is InChI=1S/C26H29N3O3/c30-25(24-6-5-21-3-1-2-4-23(21)28-24)29-15-11-26(12-16-29)19-20(10-18-32-26)9-17-31-22-7-13-27-14-8-22/h1-8,13-14,20H,9-12,15-19H2. The fraction of sp³-hybridized carbons (Fsp3) is 0.423. The summed E-state index contributed by atoms with van der Waals surface area (Å²) < 4.78 is 12.2. The molecule has 0 radical (unpaired) electrons.